The Balaban J connectivity index is 1.74. The molecule has 24 heavy (non-hydrogen) atoms. The molecule has 0 atom stereocenters. The highest BCUT2D eigenvalue weighted by molar-refractivity contribution is 6.34. The van der Waals surface area contributed by atoms with E-state index in [0.29, 0.717) is 5.76 Å². The summed E-state index contributed by atoms with van der Waals surface area (Å²) < 4.78 is 5.16. The molecule has 2 aromatic heterocycles. The maximum Gasteiger partial charge on any atom is 0.268 e. The highest BCUT2D eigenvalue weighted by atomic mass is 16.4. The van der Waals surface area contributed by atoms with E-state index in [2.05, 4.69) is 15.2 Å². The quantitative estimate of drug-likeness (QED) is 0.682. The van der Waals surface area contributed by atoms with Crippen molar-refractivity contribution in [3.63, 3.8) is 0 Å². The van der Waals surface area contributed by atoms with Gasteiger partial charge in [0.25, 0.3) is 17.8 Å². The van der Waals surface area contributed by atoms with Gasteiger partial charge in [0, 0.05) is 0 Å². The van der Waals surface area contributed by atoms with Crippen LogP contribution in [0.2, 0.25) is 0 Å². The molecule has 118 valence electrons. The number of imide groups is 1. The lowest BCUT2D eigenvalue weighted by atomic mass is 10.1. The number of carbonyl (C=O) groups is 3. The van der Waals surface area contributed by atoms with E-state index in [0.717, 1.165) is 11.0 Å². The first-order chi connectivity index (χ1) is 11.6. The lowest BCUT2D eigenvalue weighted by molar-refractivity contribution is -0.255. The summed E-state index contributed by atoms with van der Waals surface area (Å²) in [7, 11) is 0. The van der Waals surface area contributed by atoms with Crippen LogP contribution in [0, 0.1) is 0 Å². The summed E-state index contributed by atoms with van der Waals surface area (Å²) in [4.78, 5) is 40.6. The van der Waals surface area contributed by atoms with Gasteiger partial charge in [0.15, 0.2) is 11.6 Å². The van der Waals surface area contributed by atoms with Crippen molar-refractivity contribution < 1.29 is 23.9 Å². The van der Waals surface area contributed by atoms with Gasteiger partial charge in [-0.2, -0.15) is 4.98 Å². The Hall–Kier alpha value is -3.75. The number of hydrogen-bond acceptors (Lipinski definition) is 7. The number of benzene rings is 1. The number of furan rings is 1. The average Bonchev–Trinajstić information content (AvgIpc) is 3.28. The smallest absolute Gasteiger partial charge is 0.268 e. The Labute approximate surface area is 133 Å². The zero-order valence-corrected chi connectivity index (χ0v) is 11.8. The zero-order chi connectivity index (χ0) is 16.8. The minimum Gasteiger partial charge on any atom is -0.545 e. The molecule has 0 fully saturated rings. The van der Waals surface area contributed by atoms with Gasteiger partial charge >= 0.3 is 0 Å². The number of anilines is 1. The molecule has 3 heterocycles. The Morgan fingerprint density at radius 2 is 1.96 bits per heavy atom. The van der Waals surface area contributed by atoms with Crippen molar-refractivity contribution in [2.24, 2.45) is 0 Å². The van der Waals surface area contributed by atoms with Crippen LogP contribution < -0.4 is 10.0 Å². The van der Waals surface area contributed by atoms with Crippen LogP contribution in [0.3, 0.4) is 0 Å². The van der Waals surface area contributed by atoms with Gasteiger partial charge in [-0.05, 0) is 29.8 Å². The SMILES string of the molecule is O=C([O-])c1ccc2c(c1)C(=O)N(c1n[nH]c(-c3ccco3)n1)C2=O. The summed E-state index contributed by atoms with van der Waals surface area (Å²) in [5.41, 5.74) is -0.150. The third kappa shape index (κ3) is 1.92. The average molecular weight is 323 g/mol. The molecule has 0 saturated heterocycles. The van der Waals surface area contributed by atoms with Gasteiger partial charge < -0.3 is 14.3 Å². The predicted octanol–water partition coefficient (Wildman–Crippen LogP) is 0.229. The van der Waals surface area contributed by atoms with Crippen LogP contribution in [0.5, 0.6) is 0 Å². The predicted molar refractivity (Wildman–Crippen MR) is 76.0 cm³/mol. The fourth-order valence-corrected chi connectivity index (χ4v) is 2.43. The van der Waals surface area contributed by atoms with E-state index in [9.17, 15) is 19.5 Å². The molecule has 0 bridgehead atoms. The molecule has 2 amide bonds. The third-order valence-electron chi connectivity index (χ3n) is 3.55. The number of hydrogen-bond donors (Lipinski definition) is 1. The Morgan fingerprint density at radius 1 is 1.17 bits per heavy atom. The number of aromatic carboxylic acids is 1. The number of aromatic nitrogens is 3. The minimum absolute atomic E-state index is 0.0361. The van der Waals surface area contributed by atoms with E-state index in [1.54, 1.807) is 12.1 Å². The van der Waals surface area contributed by atoms with Gasteiger partial charge in [-0.3, -0.25) is 14.7 Å². The summed E-state index contributed by atoms with van der Waals surface area (Å²) in [5, 5.41) is 17.3. The number of aromatic amines is 1. The molecule has 0 aliphatic carbocycles. The number of amides is 2. The minimum atomic E-state index is -1.44. The second kappa shape index (κ2) is 4.88. The molecule has 0 radical (unpaired) electrons. The van der Waals surface area contributed by atoms with Crippen LogP contribution in [0.15, 0.2) is 41.0 Å². The summed E-state index contributed by atoms with van der Waals surface area (Å²) in [6.07, 6.45) is 1.45. The fraction of sp³-hybridized carbons (Fsp3) is 0. The maximum absolute atomic E-state index is 12.5. The van der Waals surface area contributed by atoms with Crippen LogP contribution >= 0.6 is 0 Å². The third-order valence-corrected chi connectivity index (χ3v) is 3.55. The molecule has 1 N–H and O–H groups in total. The lowest BCUT2D eigenvalue weighted by Crippen LogP contribution is -2.30. The van der Waals surface area contributed by atoms with Gasteiger partial charge in [0.05, 0.1) is 23.4 Å². The highest BCUT2D eigenvalue weighted by Crippen LogP contribution is 2.28. The Morgan fingerprint density at radius 3 is 2.67 bits per heavy atom. The summed E-state index contributed by atoms with van der Waals surface area (Å²) in [5.74, 6) is -2.28. The topological polar surface area (TPSA) is 132 Å². The first kappa shape index (κ1) is 13.9. The number of carboxylic acid groups (broad SMARTS) is 1. The highest BCUT2D eigenvalue weighted by Gasteiger charge is 2.39. The number of carbonyl (C=O) groups excluding carboxylic acids is 3. The number of fused-ring (bicyclic) bond motifs is 1. The monoisotopic (exact) mass is 323 g/mol. The van der Waals surface area contributed by atoms with Crippen LogP contribution in [-0.2, 0) is 0 Å². The van der Waals surface area contributed by atoms with E-state index in [1.165, 1.54) is 18.4 Å². The zero-order valence-electron chi connectivity index (χ0n) is 11.8. The molecular weight excluding hydrogens is 316 g/mol. The van der Waals surface area contributed by atoms with E-state index in [1.807, 2.05) is 0 Å². The van der Waals surface area contributed by atoms with Crippen molar-refractivity contribution >= 4 is 23.7 Å². The molecule has 9 heteroatoms. The normalized spacial score (nSPS) is 13.4. The first-order valence-electron chi connectivity index (χ1n) is 6.76. The maximum atomic E-state index is 12.5. The van der Waals surface area contributed by atoms with Gasteiger partial charge in [-0.1, -0.05) is 6.07 Å². The van der Waals surface area contributed by atoms with Crippen molar-refractivity contribution in [1.82, 2.24) is 15.2 Å². The molecular formula is C15H7N4O5-. The molecule has 0 spiro atoms. The lowest BCUT2D eigenvalue weighted by Gasteiger charge is -2.07. The summed E-state index contributed by atoms with van der Waals surface area (Å²) in [6, 6.07) is 6.86. The van der Waals surface area contributed by atoms with E-state index in [-0.39, 0.29) is 28.5 Å². The van der Waals surface area contributed by atoms with Gasteiger partial charge in [0.2, 0.25) is 0 Å². The Bertz CT molecular complexity index is 989. The van der Waals surface area contributed by atoms with Crippen molar-refractivity contribution in [3.8, 4) is 11.6 Å². The van der Waals surface area contributed by atoms with Crippen LogP contribution in [-0.4, -0.2) is 33.0 Å². The number of H-pyrrole nitrogens is 1. The molecule has 1 aromatic carbocycles. The molecule has 3 aromatic rings. The number of nitrogens with one attached hydrogen (secondary N) is 1. The van der Waals surface area contributed by atoms with Crippen molar-refractivity contribution in [3.05, 3.63) is 53.3 Å². The second-order valence-corrected chi connectivity index (χ2v) is 4.95. The van der Waals surface area contributed by atoms with Crippen LogP contribution in [0.25, 0.3) is 11.6 Å². The van der Waals surface area contributed by atoms with Gasteiger partial charge in [-0.15, -0.1) is 5.10 Å². The van der Waals surface area contributed by atoms with Crippen molar-refractivity contribution in [2.75, 3.05) is 4.90 Å². The molecule has 0 saturated carbocycles. The first-order valence-corrected chi connectivity index (χ1v) is 6.76. The van der Waals surface area contributed by atoms with E-state index in [4.69, 9.17) is 4.42 Å². The van der Waals surface area contributed by atoms with Crippen molar-refractivity contribution in [1.29, 1.82) is 0 Å². The second-order valence-electron chi connectivity index (χ2n) is 4.95. The molecule has 1 aliphatic heterocycles. The van der Waals surface area contributed by atoms with Crippen molar-refractivity contribution in [2.45, 2.75) is 0 Å². The largest absolute Gasteiger partial charge is 0.545 e. The fourth-order valence-electron chi connectivity index (χ4n) is 2.43. The van der Waals surface area contributed by atoms with Gasteiger partial charge in [0.1, 0.15) is 0 Å². The number of rotatable bonds is 3. The summed E-state index contributed by atoms with van der Waals surface area (Å²) in [6.45, 7) is 0. The van der Waals surface area contributed by atoms with Crippen LogP contribution in [0.4, 0.5) is 5.95 Å². The standard InChI is InChI=1S/C15H8N4O5/c20-12-8-4-3-7(14(22)23)6-9(8)13(21)19(12)15-16-11(17-18-15)10-2-1-5-24-10/h1-6H,(H,22,23)(H,16,17,18)/p-1. The molecule has 4 rings (SSSR count). The van der Waals surface area contributed by atoms with Crippen LogP contribution in [0.1, 0.15) is 31.1 Å². The number of carboxylic acids is 1. The summed E-state index contributed by atoms with van der Waals surface area (Å²) >= 11 is 0. The molecule has 0 unspecified atom stereocenters. The van der Waals surface area contributed by atoms with Gasteiger partial charge in [-0.25, -0.2) is 4.90 Å². The van der Waals surface area contributed by atoms with E-state index < -0.39 is 17.8 Å². The van der Waals surface area contributed by atoms with E-state index >= 15 is 0 Å². The molecule has 1 aliphatic rings. The Kier molecular flexibility index (Phi) is 2.82. The number of nitrogens with zero attached hydrogens (tertiary/aromatic N) is 3. The molecule has 9 nitrogen and oxygen atoms in total.